The summed E-state index contributed by atoms with van der Waals surface area (Å²) in [6, 6.07) is 8.70. The maximum absolute atomic E-state index is 13.5. The summed E-state index contributed by atoms with van der Waals surface area (Å²) in [5.41, 5.74) is -1.21. The van der Waals surface area contributed by atoms with E-state index < -0.39 is 17.6 Å². The number of carbonyl (C=O) groups is 1. The average molecular weight is 415 g/mol. The summed E-state index contributed by atoms with van der Waals surface area (Å²) in [7, 11) is 1.33. The minimum atomic E-state index is -4.68. The Morgan fingerprint density at radius 3 is 2.47 bits per heavy atom. The Bertz CT molecular complexity index is 1110. The van der Waals surface area contributed by atoms with E-state index in [4.69, 9.17) is 0 Å². The van der Waals surface area contributed by atoms with Gasteiger partial charge in [-0.3, -0.25) is 4.79 Å². The molecule has 2 aromatic heterocycles. The summed E-state index contributed by atoms with van der Waals surface area (Å²) in [4.78, 5) is 27.1. The third-order valence-electron chi connectivity index (χ3n) is 3.67. The fourth-order valence-corrected chi connectivity index (χ4v) is 2.39. The highest BCUT2D eigenvalue weighted by Crippen LogP contribution is 2.37. The van der Waals surface area contributed by atoms with Gasteiger partial charge in [0.1, 0.15) is 18.0 Å². The highest BCUT2D eigenvalue weighted by atomic mass is 19.4. The second kappa shape index (κ2) is 8.88. The standard InChI is InChI=1S/C18H13F3N8O/c1-22-29-28-16(30)11-5-2-3-6-13(11)26-14-9-15(25-10-12(14)18(19,20)21)27-17-23-7-4-8-24-17/h2-10H,1H3,(H-,23,24,25,26,27,30)/p+1. The van der Waals surface area contributed by atoms with Gasteiger partial charge >= 0.3 is 12.1 Å². The molecule has 0 aliphatic heterocycles. The largest absolute Gasteiger partial charge is 0.419 e. The van der Waals surface area contributed by atoms with Crippen LogP contribution < -0.4 is 15.5 Å². The summed E-state index contributed by atoms with van der Waals surface area (Å²) < 4.78 is 40.5. The van der Waals surface area contributed by atoms with Crippen molar-refractivity contribution in [2.45, 2.75) is 6.18 Å². The molecule has 0 saturated heterocycles. The van der Waals surface area contributed by atoms with Crippen molar-refractivity contribution in [3.05, 3.63) is 66.1 Å². The Morgan fingerprint density at radius 2 is 1.77 bits per heavy atom. The Labute approximate surface area is 167 Å². The molecule has 1 aromatic carbocycles. The molecular formula is C18H14F3N8O+. The van der Waals surface area contributed by atoms with Crippen LogP contribution in [0.25, 0.3) is 0 Å². The van der Waals surface area contributed by atoms with Crippen LogP contribution in [-0.2, 0) is 6.18 Å². The molecule has 0 aliphatic carbocycles. The molecule has 3 aromatic rings. The summed E-state index contributed by atoms with van der Waals surface area (Å²) in [5.74, 6) is -0.526. The van der Waals surface area contributed by atoms with E-state index in [0.29, 0.717) is 6.20 Å². The molecule has 0 atom stereocenters. The molecule has 0 aliphatic rings. The number of aromatic nitrogens is 3. The van der Waals surface area contributed by atoms with Gasteiger partial charge in [0.2, 0.25) is 16.0 Å². The lowest BCUT2D eigenvalue weighted by molar-refractivity contribution is -0.137. The van der Waals surface area contributed by atoms with Crippen LogP contribution in [-0.4, -0.2) is 27.9 Å². The van der Waals surface area contributed by atoms with Crippen molar-refractivity contribution in [1.82, 2.24) is 19.9 Å². The number of anilines is 4. The van der Waals surface area contributed by atoms with Gasteiger partial charge in [0.25, 0.3) is 0 Å². The highest BCUT2D eigenvalue weighted by molar-refractivity contribution is 6.00. The van der Waals surface area contributed by atoms with E-state index in [0.717, 1.165) is 6.07 Å². The first-order valence-corrected chi connectivity index (χ1v) is 8.40. The number of benzene rings is 1. The number of alkyl halides is 3. The zero-order valence-corrected chi connectivity index (χ0v) is 15.4. The zero-order valence-electron chi connectivity index (χ0n) is 15.4. The van der Waals surface area contributed by atoms with Crippen LogP contribution in [0.4, 0.5) is 36.3 Å². The number of para-hydroxylation sites is 1. The molecule has 12 heteroatoms. The molecule has 1 amide bonds. The number of amides is 1. The molecule has 2 heterocycles. The lowest BCUT2D eigenvalue weighted by atomic mass is 10.1. The van der Waals surface area contributed by atoms with Crippen molar-refractivity contribution in [1.29, 1.82) is 0 Å². The molecule has 0 spiro atoms. The first-order valence-electron chi connectivity index (χ1n) is 8.40. The van der Waals surface area contributed by atoms with Crippen molar-refractivity contribution >= 4 is 29.0 Å². The molecule has 0 radical (unpaired) electrons. The van der Waals surface area contributed by atoms with E-state index >= 15 is 0 Å². The van der Waals surface area contributed by atoms with E-state index in [1.54, 1.807) is 18.2 Å². The number of hydrogen-bond donors (Lipinski definition) is 2. The summed E-state index contributed by atoms with van der Waals surface area (Å²) in [6.07, 6.45) is -1.07. The van der Waals surface area contributed by atoms with Gasteiger partial charge in [0.15, 0.2) is 0 Å². The Hall–Kier alpha value is -4.18. The van der Waals surface area contributed by atoms with Gasteiger partial charge in [-0.25, -0.2) is 15.0 Å². The molecule has 9 nitrogen and oxygen atoms in total. The molecular weight excluding hydrogens is 401 g/mol. The van der Waals surface area contributed by atoms with Crippen LogP contribution in [0.3, 0.4) is 0 Å². The molecule has 2 N–H and O–H groups in total. The third-order valence-corrected chi connectivity index (χ3v) is 3.67. The van der Waals surface area contributed by atoms with Crippen LogP contribution in [0.2, 0.25) is 0 Å². The number of hydrogen-bond acceptors (Lipinski definition) is 7. The van der Waals surface area contributed by atoms with Crippen LogP contribution in [0, 0.1) is 0 Å². The van der Waals surface area contributed by atoms with Gasteiger partial charge in [0.05, 0.1) is 22.5 Å². The predicted molar refractivity (Wildman–Crippen MR) is 102 cm³/mol. The molecule has 152 valence electrons. The number of nitrogens with zero attached hydrogens (tertiary/aromatic N) is 6. The van der Waals surface area contributed by atoms with Crippen molar-refractivity contribution in [3.8, 4) is 0 Å². The van der Waals surface area contributed by atoms with Gasteiger partial charge in [-0.2, -0.15) is 13.2 Å². The Kier molecular flexibility index (Phi) is 6.08. The van der Waals surface area contributed by atoms with E-state index in [1.165, 1.54) is 31.6 Å². The maximum atomic E-state index is 13.5. The van der Waals surface area contributed by atoms with E-state index in [1.807, 2.05) is 0 Å². The normalized spacial score (nSPS) is 10.7. The first kappa shape index (κ1) is 20.6. The SMILES string of the molecule is CN=[N+]=NC(=O)c1ccccc1Nc1cc(Nc2ncccn2)ncc1C(F)(F)F. The Morgan fingerprint density at radius 1 is 1.03 bits per heavy atom. The van der Waals surface area contributed by atoms with Crippen LogP contribution in [0.5, 0.6) is 0 Å². The highest BCUT2D eigenvalue weighted by Gasteiger charge is 2.34. The van der Waals surface area contributed by atoms with Gasteiger partial charge < -0.3 is 10.6 Å². The number of carbonyl (C=O) groups excluding carboxylic acids is 1. The van der Waals surface area contributed by atoms with E-state index in [9.17, 15) is 18.0 Å². The topological polar surface area (TPSA) is 119 Å². The quantitative estimate of drug-likeness (QED) is 0.478. The smallest absolute Gasteiger partial charge is 0.354 e. The molecule has 0 fully saturated rings. The molecule has 0 saturated carbocycles. The first-order chi connectivity index (χ1) is 14.4. The molecule has 30 heavy (non-hydrogen) atoms. The van der Waals surface area contributed by atoms with Gasteiger partial charge in [0, 0.05) is 24.7 Å². The second-order valence-electron chi connectivity index (χ2n) is 5.68. The van der Waals surface area contributed by atoms with Crippen molar-refractivity contribution < 1.29 is 18.0 Å². The number of nitrogens with one attached hydrogen (secondary N) is 2. The lowest BCUT2D eigenvalue weighted by Gasteiger charge is -2.16. The Balaban J connectivity index is 2.01. The number of halogens is 3. The minimum absolute atomic E-state index is 0.0238. The lowest BCUT2D eigenvalue weighted by Crippen LogP contribution is -2.12. The fourth-order valence-electron chi connectivity index (χ4n) is 2.39. The summed E-state index contributed by atoms with van der Waals surface area (Å²) in [5, 5.41) is 12.1. The van der Waals surface area contributed by atoms with Crippen LogP contribution >= 0.6 is 0 Å². The maximum Gasteiger partial charge on any atom is 0.419 e. The summed E-state index contributed by atoms with van der Waals surface area (Å²) >= 11 is 0. The van der Waals surface area contributed by atoms with Gasteiger partial charge in [-0.05, 0) is 18.2 Å². The third kappa shape index (κ3) is 5.00. The van der Waals surface area contributed by atoms with Crippen molar-refractivity contribution in [2.75, 3.05) is 17.7 Å². The van der Waals surface area contributed by atoms with E-state index in [-0.39, 0.29) is 28.7 Å². The van der Waals surface area contributed by atoms with Crippen molar-refractivity contribution in [3.63, 3.8) is 0 Å². The van der Waals surface area contributed by atoms with Crippen molar-refractivity contribution in [2.24, 2.45) is 10.2 Å². The molecule has 3 rings (SSSR count). The molecule has 0 bridgehead atoms. The van der Waals surface area contributed by atoms with Gasteiger partial charge in [-0.1, -0.05) is 12.1 Å². The molecule has 0 unspecified atom stereocenters. The van der Waals surface area contributed by atoms with Gasteiger partial charge in [-0.15, -0.1) is 0 Å². The summed E-state index contributed by atoms with van der Waals surface area (Å²) in [6.45, 7) is 0. The average Bonchev–Trinajstić information content (AvgIpc) is 2.72. The van der Waals surface area contributed by atoms with Crippen LogP contribution in [0.1, 0.15) is 15.9 Å². The predicted octanol–water partition coefficient (Wildman–Crippen LogP) is 4.12. The minimum Gasteiger partial charge on any atom is -0.354 e. The zero-order chi connectivity index (χ0) is 21.6. The van der Waals surface area contributed by atoms with Crippen LogP contribution in [0.15, 0.2) is 65.2 Å². The number of rotatable bonds is 5. The van der Waals surface area contributed by atoms with E-state index in [2.05, 4.69) is 40.7 Å². The monoisotopic (exact) mass is 415 g/mol. The number of pyridine rings is 1. The second-order valence-corrected chi connectivity index (χ2v) is 5.68. The fraction of sp³-hybridized carbons (Fsp3) is 0.111.